The topological polar surface area (TPSA) is 69.6 Å². The molecule has 2 atom stereocenters. The van der Waals surface area contributed by atoms with E-state index in [9.17, 15) is 23.5 Å². The lowest BCUT2D eigenvalue weighted by Gasteiger charge is -2.24. The predicted molar refractivity (Wildman–Crippen MR) is 125 cm³/mol. The maximum Gasteiger partial charge on any atom is 0.253 e. The Morgan fingerprint density at radius 2 is 1.52 bits per heavy atom. The molecule has 0 saturated heterocycles. The molecule has 0 aliphatic heterocycles. The van der Waals surface area contributed by atoms with Crippen LogP contribution in [0.15, 0.2) is 36.4 Å². The Balaban J connectivity index is 2.27. The molecule has 0 spiro atoms. The number of aliphatic hydroxyl groups is 1. The number of aryl methyl sites for hydroxylation is 1. The number of rotatable bonds is 11. The van der Waals surface area contributed by atoms with E-state index >= 15 is 0 Å². The molecular formula is C26H34F2N2O3. The average Bonchev–Trinajstić information content (AvgIpc) is 2.76. The quantitative estimate of drug-likeness (QED) is 0.513. The third-order valence-corrected chi connectivity index (χ3v) is 5.44. The molecule has 0 aromatic heterocycles. The highest BCUT2D eigenvalue weighted by atomic mass is 19.1. The second-order valence-electron chi connectivity index (χ2n) is 8.42. The van der Waals surface area contributed by atoms with Gasteiger partial charge in [0.05, 0.1) is 12.1 Å². The predicted octanol–water partition coefficient (Wildman–Crippen LogP) is 4.65. The van der Waals surface area contributed by atoms with Crippen LogP contribution in [-0.2, 0) is 6.42 Å². The molecule has 0 bridgehead atoms. The molecule has 180 valence electrons. The molecule has 2 N–H and O–H groups in total. The average molecular weight is 461 g/mol. The van der Waals surface area contributed by atoms with Gasteiger partial charge in [-0.05, 0) is 74.1 Å². The van der Waals surface area contributed by atoms with Crippen molar-refractivity contribution in [2.24, 2.45) is 0 Å². The number of hydrogen-bond donors (Lipinski definition) is 2. The Morgan fingerprint density at radius 3 is 2.06 bits per heavy atom. The molecule has 0 aliphatic rings. The summed E-state index contributed by atoms with van der Waals surface area (Å²) < 4.78 is 27.2. The van der Waals surface area contributed by atoms with Gasteiger partial charge in [-0.15, -0.1) is 0 Å². The molecule has 0 aliphatic carbocycles. The van der Waals surface area contributed by atoms with Crippen LogP contribution in [-0.4, -0.2) is 47.1 Å². The largest absolute Gasteiger partial charge is 0.391 e. The molecule has 2 rings (SSSR count). The molecule has 2 aromatic rings. The summed E-state index contributed by atoms with van der Waals surface area (Å²) in [5.41, 5.74) is 1.82. The summed E-state index contributed by atoms with van der Waals surface area (Å²) in [7, 11) is 0. The molecule has 2 unspecified atom stereocenters. The van der Waals surface area contributed by atoms with Crippen molar-refractivity contribution >= 4 is 11.8 Å². The van der Waals surface area contributed by atoms with Crippen LogP contribution in [0.4, 0.5) is 8.78 Å². The van der Waals surface area contributed by atoms with Crippen molar-refractivity contribution in [2.45, 2.75) is 65.5 Å². The minimum absolute atomic E-state index is 0.0633. The zero-order valence-corrected chi connectivity index (χ0v) is 19.8. The molecule has 7 heteroatoms. The molecule has 2 amide bonds. The summed E-state index contributed by atoms with van der Waals surface area (Å²) >= 11 is 0. The molecule has 0 saturated carbocycles. The van der Waals surface area contributed by atoms with Crippen molar-refractivity contribution in [3.05, 3.63) is 70.3 Å². The number of benzene rings is 2. The molecule has 0 fully saturated rings. The van der Waals surface area contributed by atoms with Gasteiger partial charge in [0.2, 0.25) is 0 Å². The third-order valence-electron chi connectivity index (χ3n) is 5.44. The minimum Gasteiger partial charge on any atom is -0.391 e. The lowest BCUT2D eigenvalue weighted by atomic mass is 9.98. The highest BCUT2D eigenvalue weighted by Crippen LogP contribution is 2.16. The van der Waals surface area contributed by atoms with E-state index in [1.807, 2.05) is 20.8 Å². The number of nitrogens with zero attached hydrogens (tertiary/aromatic N) is 1. The fraction of sp³-hybridized carbons (Fsp3) is 0.462. The summed E-state index contributed by atoms with van der Waals surface area (Å²) in [5.74, 6) is -2.02. The number of amides is 2. The van der Waals surface area contributed by atoms with Crippen LogP contribution in [0.1, 0.15) is 71.9 Å². The van der Waals surface area contributed by atoms with E-state index in [1.54, 1.807) is 30.0 Å². The zero-order valence-electron chi connectivity index (χ0n) is 19.8. The fourth-order valence-corrected chi connectivity index (χ4v) is 3.88. The highest BCUT2D eigenvalue weighted by Gasteiger charge is 2.23. The standard InChI is InChI=1S/C26H34F2N2O3/c1-5-8-30(9-6-2)26(33)20-11-17(4)10-19(15-20)25(32)29-23(24(31)7-3)14-18-12-21(27)16-22(28)13-18/h10-13,15-16,23-24,31H,5-9,14H2,1-4H3,(H,29,32). The Kier molecular flexibility index (Phi) is 9.97. The van der Waals surface area contributed by atoms with Crippen LogP contribution in [0.3, 0.4) is 0 Å². The smallest absolute Gasteiger partial charge is 0.253 e. The zero-order chi connectivity index (χ0) is 24.5. The van der Waals surface area contributed by atoms with Crippen molar-refractivity contribution in [1.29, 1.82) is 0 Å². The lowest BCUT2D eigenvalue weighted by molar-refractivity contribution is 0.0755. The number of nitrogens with one attached hydrogen (secondary N) is 1. The van der Waals surface area contributed by atoms with E-state index in [4.69, 9.17) is 0 Å². The summed E-state index contributed by atoms with van der Waals surface area (Å²) in [6.45, 7) is 8.86. The first-order valence-electron chi connectivity index (χ1n) is 11.5. The Morgan fingerprint density at radius 1 is 0.939 bits per heavy atom. The second kappa shape index (κ2) is 12.4. The van der Waals surface area contributed by atoms with Gasteiger partial charge in [0.25, 0.3) is 11.8 Å². The Labute approximate surface area is 194 Å². The van der Waals surface area contributed by atoms with Gasteiger partial charge in [0, 0.05) is 30.3 Å². The minimum atomic E-state index is -0.907. The monoisotopic (exact) mass is 460 g/mol. The molecule has 2 aromatic carbocycles. The highest BCUT2D eigenvalue weighted by molar-refractivity contribution is 6.00. The number of halogens is 2. The SMILES string of the molecule is CCCN(CCC)C(=O)c1cc(C)cc(C(=O)NC(Cc2cc(F)cc(F)c2)C(O)CC)c1. The van der Waals surface area contributed by atoms with Crippen LogP contribution in [0.5, 0.6) is 0 Å². The van der Waals surface area contributed by atoms with Crippen molar-refractivity contribution in [3.63, 3.8) is 0 Å². The lowest BCUT2D eigenvalue weighted by Crippen LogP contribution is -2.44. The van der Waals surface area contributed by atoms with Gasteiger partial charge in [0.1, 0.15) is 11.6 Å². The van der Waals surface area contributed by atoms with Crippen molar-refractivity contribution in [2.75, 3.05) is 13.1 Å². The summed E-state index contributed by atoms with van der Waals surface area (Å²) in [6, 6.07) is 7.38. The molecule has 5 nitrogen and oxygen atoms in total. The first-order chi connectivity index (χ1) is 15.7. The normalized spacial score (nSPS) is 12.8. The van der Waals surface area contributed by atoms with Gasteiger partial charge >= 0.3 is 0 Å². The third kappa shape index (κ3) is 7.63. The van der Waals surface area contributed by atoms with E-state index in [1.165, 1.54) is 12.1 Å². The first-order valence-corrected chi connectivity index (χ1v) is 11.5. The van der Waals surface area contributed by atoms with Crippen LogP contribution in [0.2, 0.25) is 0 Å². The van der Waals surface area contributed by atoms with Gasteiger partial charge in [-0.3, -0.25) is 9.59 Å². The fourth-order valence-electron chi connectivity index (χ4n) is 3.88. The summed E-state index contributed by atoms with van der Waals surface area (Å²) in [6.07, 6.45) is 1.18. The van der Waals surface area contributed by atoms with E-state index in [0.717, 1.165) is 24.5 Å². The van der Waals surface area contributed by atoms with Gasteiger partial charge in [-0.1, -0.05) is 20.8 Å². The van der Waals surface area contributed by atoms with E-state index < -0.39 is 29.7 Å². The van der Waals surface area contributed by atoms with E-state index in [-0.39, 0.29) is 12.3 Å². The Hall–Kier alpha value is -2.80. The maximum atomic E-state index is 13.6. The Bertz CT molecular complexity index is 938. The van der Waals surface area contributed by atoms with Crippen molar-refractivity contribution < 1.29 is 23.5 Å². The number of carbonyl (C=O) groups excluding carboxylic acids is 2. The molecule has 33 heavy (non-hydrogen) atoms. The summed E-state index contributed by atoms with van der Waals surface area (Å²) in [5, 5.41) is 13.2. The van der Waals surface area contributed by atoms with Gasteiger partial charge < -0.3 is 15.3 Å². The van der Waals surface area contributed by atoms with Gasteiger partial charge in [-0.25, -0.2) is 8.78 Å². The maximum absolute atomic E-state index is 13.6. The van der Waals surface area contributed by atoms with E-state index in [0.29, 0.717) is 36.2 Å². The number of carbonyl (C=O) groups is 2. The van der Waals surface area contributed by atoms with Crippen molar-refractivity contribution in [1.82, 2.24) is 10.2 Å². The number of aliphatic hydroxyl groups excluding tert-OH is 1. The van der Waals surface area contributed by atoms with Gasteiger partial charge in [0.15, 0.2) is 0 Å². The van der Waals surface area contributed by atoms with Crippen molar-refractivity contribution in [3.8, 4) is 0 Å². The second-order valence-corrected chi connectivity index (χ2v) is 8.42. The first kappa shape index (κ1) is 26.5. The van der Waals surface area contributed by atoms with Crippen LogP contribution < -0.4 is 5.32 Å². The van der Waals surface area contributed by atoms with Crippen LogP contribution >= 0.6 is 0 Å². The van der Waals surface area contributed by atoms with E-state index in [2.05, 4.69) is 5.32 Å². The summed E-state index contributed by atoms with van der Waals surface area (Å²) in [4.78, 5) is 27.8. The number of hydrogen-bond acceptors (Lipinski definition) is 3. The van der Waals surface area contributed by atoms with Crippen LogP contribution in [0.25, 0.3) is 0 Å². The molecule has 0 radical (unpaired) electrons. The molecule has 0 heterocycles. The molecular weight excluding hydrogens is 426 g/mol. The van der Waals surface area contributed by atoms with Crippen LogP contribution in [0, 0.1) is 18.6 Å². The van der Waals surface area contributed by atoms with Gasteiger partial charge in [-0.2, -0.15) is 0 Å².